The standard InChI is InChI=1S/C16H23FN2O2/c1-3-5-6-16(21)19(4-2)12-15(20)18-11-13-7-9-14(17)10-8-13/h7-10H,3-6,11-12H2,1-2H3,(H,18,20). The summed E-state index contributed by atoms with van der Waals surface area (Å²) in [5.41, 5.74) is 0.824. The molecule has 1 rings (SSSR count). The van der Waals surface area contributed by atoms with E-state index in [0.29, 0.717) is 19.5 Å². The first kappa shape index (κ1) is 17.1. The largest absolute Gasteiger partial charge is 0.350 e. The minimum atomic E-state index is -0.302. The van der Waals surface area contributed by atoms with Crippen LogP contribution < -0.4 is 5.32 Å². The number of nitrogens with one attached hydrogen (secondary N) is 1. The van der Waals surface area contributed by atoms with Crippen LogP contribution in [0.2, 0.25) is 0 Å². The summed E-state index contributed by atoms with van der Waals surface area (Å²) >= 11 is 0. The highest BCUT2D eigenvalue weighted by atomic mass is 19.1. The summed E-state index contributed by atoms with van der Waals surface area (Å²) in [6, 6.07) is 5.96. The third kappa shape index (κ3) is 6.38. The molecule has 2 amide bonds. The molecule has 0 radical (unpaired) electrons. The summed E-state index contributed by atoms with van der Waals surface area (Å²) in [7, 11) is 0. The summed E-state index contributed by atoms with van der Waals surface area (Å²) in [5.74, 6) is -0.494. The summed E-state index contributed by atoms with van der Waals surface area (Å²) in [5, 5.41) is 2.74. The van der Waals surface area contributed by atoms with E-state index in [-0.39, 0.29) is 24.2 Å². The van der Waals surface area contributed by atoms with Crippen molar-refractivity contribution >= 4 is 11.8 Å². The quantitative estimate of drug-likeness (QED) is 0.801. The maximum absolute atomic E-state index is 12.8. The van der Waals surface area contributed by atoms with Crippen LogP contribution in [0.3, 0.4) is 0 Å². The fourth-order valence-electron chi connectivity index (χ4n) is 1.89. The molecule has 0 heterocycles. The molecular weight excluding hydrogens is 271 g/mol. The Kier molecular flexibility index (Phi) is 7.43. The highest BCUT2D eigenvalue weighted by molar-refractivity contribution is 5.84. The third-order valence-corrected chi connectivity index (χ3v) is 3.22. The van der Waals surface area contributed by atoms with Crippen molar-refractivity contribution in [3.05, 3.63) is 35.6 Å². The fourth-order valence-corrected chi connectivity index (χ4v) is 1.89. The maximum Gasteiger partial charge on any atom is 0.239 e. The van der Waals surface area contributed by atoms with Gasteiger partial charge in [-0.2, -0.15) is 0 Å². The fraction of sp³-hybridized carbons (Fsp3) is 0.500. The Morgan fingerprint density at radius 1 is 1.19 bits per heavy atom. The first-order valence-corrected chi connectivity index (χ1v) is 7.35. The van der Waals surface area contributed by atoms with Gasteiger partial charge in [0.2, 0.25) is 11.8 Å². The first-order valence-electron chi connectivity index (χ1n) is 7.35. The van der Waals surface area contributed by atoms with E-state index < -0.39 is 0 Å². The number of hydrogen-bond acceptors (Lipinski definition) is 2. The molecule has 0 saturated heterocycles. The summed E-state index contributed by atoms with van der Waals surface area (Å²) in [6.45, 7) is 4.81. The molecule has 1 aromatic carbocycles. The van der Waals surface area contributed by atoms with E-state index in [2.05, 4.69) is 5.32 Å². The second-order valence-electron chi connectivity index (χ2n) is 4.91. The van der Waals surface area contributed by atoms with Crippen LogP contribution in [0.25, 0.3) is 0 Å². The number of halogens is 1. The summed E-state index contributed by atoms with van der Waals surface area (Å²) in [4.78, 5) is 25.3. The lowest BCUT2D eigenvalue weighted by atomic mass is 10.2. The Morgan fingerprint density at radius 3 is 2.43 bits per heavy atom. The van der Waals surface area contributed by atoms with Gasteiger partial charge >= 0.3 is 0 Å². The summed E-state index contributed by atoms with van der Waals surface area (Å²) in [6.07, 6.45) is 2.28. The van der Waals surface area contributed by atoms with Crippen LogP contribution in [0.15, 0.2) is 24.3 Å². The molecule has 1 aromatic rings. The molecule has 4 nitrogen and oxygen atoms in total. The number of rotatable bonds is 8. The van der Waals surface area contributed by atoms with E-state index in [1.165, 1.54) is 12.1 Å². The second kappa shape index (κ2) is 9.10. The van der Waals surface area contributed by atoms with Gasteiger partial charge in [-0.25, -0.2) is 4.39 Å². The zero-order valence-electron chi connectivity index (χ0n) is 12.7. The predicted octanol–water partition coefficient (Wildman–Crippen LogP) is 2.48. The molecule has 5 heteroatoms. The van der Waals surface area contributed by atoms with Crippen LogP contribution in [0.4, 0.5) is 4.39 Å². The Bertz CT molecular complexity index is 460. The molecule has 0 aliphatic carbocycles. The highest BCUT2D eigenvalue weighted by Gasteiger charge is 2.14. The van der Waals surface area contributed by atoms with Gasteiger partial charge in [-0.3, -0.25) is 9.59 Å². The van der Waals surface area contributed by atoms with E-state index in [0.717, 1.165) is 18.4 Å². The van der Waals surface area contributed by atoms with Crippen molar-refractivity contribution in [1.29, 1.82) is 0 Å². The van der Waals surface area contributed by atoms with Crippen LogP contribution >= 0.6 is 0 Å². The normalized spacial score (nSPS) is 10.2. The first-order chi connectivity index (χ1) is 10.1. The van der Waals surface area contributed by atoms with E-state index >= 15 is 0 Å². The number of carbonyl (C=O) groups is 2. The highest BCUT2D eigenvalue weighted by Crippen LogP contribution is 2.03. The zero-order chi connectivity index (χ0) is 15.7. The predicted molar refractivity (Wildman–Crippen MR) is 80.0 cm³/mol. The van der Waals surface area contributed by atoms with Crippen molar-refractivity contribution in [2.24, 2.45) is 0 Å². The van der Waals surface area contributed by atoms with Crippen molar-refractivity contribution in [2.45, 2.75) is 39.7 Å². The van der Waals surface area contributed by atoms with Crippen LogP contribution in [0.1, 0.15) is 38.7 Å². The van der Waals surface area contributed by atoms with Crippen molar-refractivity contribution in [2.75, 3.05) is 13.1 Å². The molecular formula is C16H23FN2O2. The molecule has 0 unspecified atom stereocenters. The van der Waals surface area contributed by atoms with Crippen LogP contribution in [-0.2, 0) is 16.1 Å². The number of benzene rings is 1. The minimum Gasteiger partial charge on any atom is -0.350 e. The van der Waals surface area contributed by atoms with Crippen LogP contribution in [0, 0.1) is 5.82 Å². The summed E-state index contributed by atoms with van der Waals surface area (Å²) < 4.78 is 12.8. The maximum atomic E-state index is 12.8. The van der Waals surface area contributed by atoms with Gasteiger partial charge in [-0.05, 0) is 31.0 Å². The Balaban J connectivity index is 2.40. The Morgan fingerprint density at radius 2 is 1.86 bits per heavy atom. The van der Waals surface area contributed by atoms with Gasteiger partial charge < -0.3 is 10.2 Å². The van der Waals surface area contributed by atoms with Gasteiger partial charge in [0.05, 0.1) is 6.54 Å². The molecule has 0 atom stereocenters. The molecule has 0 fully saturated rings. The van der Waals surface area contributed by atoms with E-state index in [1.807, 2.05) is 13.8 Å². The SMILES string of the molecule is CCCCC(=O)N(CC)CC(=O)NCc1ccc(F)cc1. The number of unbranched alkanes of at least 4 members (excludes halogenated alkanes) is 1. The van der Waals surface area contributed by atoms with E-state index in [4.69, 9.17) is 0 Å². The topological polar surface area (TPSA) is 49.4 Å². The van der Waals surface area contributed by atoms with E-state index in [9.17, 15) is 14.0 Å². The average molecular weight is 294 g/mol. The van der Waals surface area contributed by atoms with Crippen molar-refractivity contribution in [1.82, 2.24) is 10.2 Å². The van der Waals surface area contributed by atoms with Crippen molar-refractivity contribution in [3.63, 3.8) is 0 Å². The van der Waals surface area contributed by atoms with Crippen molar-refractivity contribution in [3.8, 4) is 0 Å². The molecule has 21 heavy (non-hydrogen) atoms. The number of carbonyl (C=O) groups excluding carboxylic acids is 2. The molecule has 0 aromatic heterocycles. The minimum absolute atomic E-state index is 0.0104. The lowest BCUT2D eigenvalue weighted by Crippen LogP contribution is -2.40. The number of likely N-dealkylation sites (N-methyl/N-ethyl adjacent to an activating group) is 1. The monoisotopic (exact) mass is 294 g/mol. The smallest absolute Gasteiger partial charge is 0.239 e. The lowest BCUT2D eigenvalue weighted by molar-refractivity contribution is -0.136. The van der Waals surface area contributed by atoms with Crippen molar-refractivity contribution < 1.29 is 14.0 Å². The Labute approximate surface area is 125 Å². The third-order valence-electron chi connectivity index (χ3n) is 3.22. The molecule has 116 valence electrons. The molecule has 0 bridgehead atoms. The molecule has 0 saturated carbocycles. The van der Waals surface area contributed by atoms with Gasteiger partial charge in [0.25, 0.3) is 0 Å². The van der Waals surface area contributed by atoms with Crippen LogP contribution in [0.5, 0.6) is 0 Å². The van der Waals surface area contributed by atoms with Crippen LogP contribution in [-0.4, -0.2) is 29.8 Å². The molecule has 0 aliphatic rings. The Hall–Kier alpha value is -1.91. The van der Waals surface area contributed by atoms with Gasteiger partial charge in [-0.1, -0.05) is 25.5 Å². The number of hydrogen-bond donors (Lipinski definition) is 1. The van der Waals surface area contributed by atoms with Gasteiger partial charge in [-0.15, -0.1) is 0 Å². The molecule has 0 spiro atoms. The molecule has 0 aliphatic heterocycles. The van der Waals surface area contributed by atoms with E-state index in [1.54, 1.807) is 17.0 Å². The number of nitrogens with zero attached hydrogens (tertiary/aromatic N) is 1. The van der Waals surface area contributed by atoms with Gasteiger partial charge in [0, 0.05) is 19.5 Å². The number of amides is 2. The average Bonchev–Trinajstić information content (AvgIpc) is 2.49. The molecule has 1 N–H and O–H groups in total. The second-order valence-corrected chi connectivity index (χ2v) is 4.91. The zero-order valence-corrected chi connectivity index (χ0v) is 12.7. The van der Waals surface area contributed by atoms with Gasteiger partial charge in [0.15, 0.2) is 0 Å². The van der Waals surface area contributed by atoms with Gasteiger partial charge in [0.1, 0.15) is 5.82 Å². The lowest BCUT2D eigenvalue weighted by Gasteiger charge is -2.20.